The summed E-state index contributed by atoms with van der Waals surface area (Å²) < 4.78 is 5.37. The maximum Gasteiger partial charge on any atom is 0.309 e. The van der Waals surface area contributed by atoms with Gasteiger partial charge in [-0.15, -0.1) is 0 Å². The monoisotopic (exact) mass is 277 g/mol. The van der Waals surface area contributed by atoms with Crippen LogP contribution in [-0.4, -0.2) is 16.1 Å². The summed E-state index contributed by atoms with van der Waals surface area (Å²) in [5.41, 5.74) is 1.28. The van der Waals surface area contributed by atoms with Crippen LogP contribution < -0.4 is 0 Å². The maximum atomic E-state index is 10.6. The summed E-state index contributed by atoms with van der Waals surface area (Å²) in [6.07, 6.45) is 3.30. The molecule has 0 unspecified atom stereocenters. The number of nitrogens with zero attached hydrogens (tertiary/aromatic N) is 1. The van der Waals surface area contributed by atoms with Crippen LogP contribution in [0.15, 0.2) is 28.7 Å². The minimum atomic E-state index is -0.932. The topological polar surface area (TPSA) is 63.3 Å². The Balaban J connectivity index is 2.20. The predicted molar refractivity (Wildman–Crippen MR) is 73.0 cm³/mol. The maximum absolute atomic E-state index is 10.6. The Kier molecular flexibility index (Phi) is 4.02. The molecule has 0 fully saturated rings. The third kappa shape index (κ3) is 3.45. The molecule has 0 spiro atoms. The molecule has 0 saturated heterocycles. The van der Waals surface area contributed by atoms with Gasteiger partial charge in [-0.05, 0) is 24.6 Å². The summed E-state index contributed by atoms with van der Waals surface area (Å²) in [6, 6.07) is 7.38. The van der Waals surface area contributed by atoms with Gasteiger partial charge in [0.05, 0.1) is 12.1 Å². The van der Waals surface area contributed by atoms with Crippen molar-refractivity contribution in [2.45, 2.75) is 13.3 Å². The van der Waals surface area contributed by atoms with E-state index in [-0.39, 0.29) is 6.42 Å². The van der Waals surface area contributed by atoms with Gasteiger partial charge >= 0.3 is 5.97 Å². The van der Waals surface area contributed by atoms with Crippen molar-refractivity contribution in [3.05, 3.63) is 52.2 Å². The molecule has 0 amide bonds. The highest BCUT2D eigenvalue weighted by molar-refractivity contribution is 6.32. The normalized spacial score (nSPS) is 11.1. The molecule has 0 bridgehead atoms. The molecule has 0 aliphatic heterocycles. The third-order valence-electron chi connectivity index (χ3n) is 2.54. The van der Waals surface area contributed by atoms with Crippen molar-refractivity contribution in [3.63, 3.8) is 0 Å². The second-order valence-electron chi connectivity index (χ2n) is 3.98. The van der Waals surface area contributed by atoms with Crippen LogP contribution in [0.25, 0.3) is 12.2 Å². The van der Waals surface area contributed by atoms with E-state index in [1.807, 2.05) is 18.2 Å². The minimum absolute atomic E-state index is 0.144. The Bertz CT molecular complexity index is 631. The first-order valence-corrected chi connectivity index (χ1v) is 6.05. The molecule has 5 heteroatoms. The van der Waals surface area contributed by atoms with E-state index in [0.29, 0.717) is 22.4 Å². The zero-order chi connectivity index (χ0) is 13.8. The number of aryl methyl sites for hydroxylation is 1. The second kappa shape index (κ2) is 5.71. The molecule has 0 atom stereocenters. The van der Waals surface area contributed by atoms with Crippen molar-refractivity contribution < 1.29 is 14.3 Å². The van der Waals surface area contributed by atoms with Crippen LogP contribution in [0, 0.1) is 6.92 Å². The average Bonchev–Trinajstić information content (AvgIpc) is 2.68. The highest BCUT2D eigenvalue weighted by atomic mass is 35.5. The lowest BCUT2D eigenvalue weighted by atomic mass is 10.2. The summed E-state index contributed by atoms with van der Waals surface area (Å²) in [5.74, 6) is -0.0482. The van der Waals surface area contributed by atoms with E-state index >= 15 is 0 Å². The van der Waals surface area contributed by atoms with Gasteiger partial charge in [0, 0.05) is 11.1 Å². The standard InChI is InChI=1S/C14H12ClNO3/c1-9-12(8-14(17)18)16-13(19-9)7-6-10-4-2-3-5-11(10)15/h2-7H,8H2,1H3,(H,17,18). The molecule has 2 rings (SSSR count). The number of aliphatic carboxylic acids is 1. The number of oxazole rings is 1. The molecular formula is C14H12ClNO3. The molecule has 1 aromatic carbocycles. The van der Waals surface area contributed by atoms with Gasteiger partial charge in [-0.2, -0.15) is 0 Å². The molecule has 1 heterocycles. The van der Waals surface area contributed by atoms with Crippen LogP contribution in [0.2, 0.25) is 5.02 Å². The lowest BCUT2D eigenvalue weighted by molar-refractivity contribution is -0.136. The Morgan fingerprint density at radius 1 is 1.42 bits per heavy atom. The number of carbonyl (C=O) groups is 1. The fraction of sp³-hybridized carbons (Fsp3) is 0.143. The number of hydrogen-bond donors (Lipinski definition) is 1. The van der Waals surface area contributed by atoms with Gasteiger partial charge < -0.3 is 9.52 Å². The Hall–Kier alpha value is -2.07. The highest BCUT2D eigenvalue weighted by Crippen LogP contribution is 2.18. The van der Waals surface area contributed by atoms with E-state index in [1.54, 1.807) is 25.1 Å². The molecule has 98 valence electrons. The van der Waals surface area contributed by atoms with Crippen LogP contribution >= 0.6 is 11.6 Å². The van der Waals surface area contributed by atoms with E-state index in [9.17, 15) is 4.79 Å². The molecule has 0 aliphatic rings. The van der Waals surface area contributed by atoms with Crippen molar-refractivity contribution >= 4 is 29.7 Å². The second-order valence-corrected chi connectivity index (χ2v) is 4.39. The van der Waals surface area contributed by atoms with E-state index in [0.717, 1.165) is 5.56 Å². The van der Waals surface area contributed by atoms with Crippen molar-refractivity contribution in [1.82, 2.24) is 4.98 Å². The van der Waals surface area contributed by atoms with Crippen molar-refractivity contribution in [2.24, 2.45) is 0 Å². The number of benzene rings is 1. The van der Waals surface area contributed by atoms with E-state index in [2.05, 4.69) is 4.98 Å². The van der Waals surface area contributed by atoms with E-state index < -0.39 is 5.97 Å². The molecule has 0 aliphatic carbocycles. The molecule has 1 aromatic heterocycles. The van der Waals surface area contributed by atoms with Gasteiger partial charge in [0.25, 0.3) is 0 Å². The van der Waals surface area contributed by atoms with Crippen molar-refractivity contribution in [1.29, 1.82) is 0 Å². The molecule has 4 nitrogen and oxygen atoms in total. The number of carboxylic acids is 1. The zero-order valence-corrected chi connectivity index (χ0v) is 11.0. The molecule has 19 heavy (non-hydrogen) atoms. The van der Waals surface area contributed by atoms with Gasteiger partial charge in [-0.25, -0.2) is 4.98 Å². The number of hydrogen-bond acceptors (Lipinski definition) is 3. The predicted octanol–water partition coefficient (Wildman–Crippen LogP) is 3.43. The lowest BCUT2D eigenvalue weighted by Gasteiger charge is -1.94. The Morgan fingerprint density at radius 2 is 2.16 bits per heavy atom. The number of carboxylic acid groups (broad SMARTS) is 1. The van der Waals surface area contributed by atoms with Crippen LogP contribution in [0.5, 0.6) is 0 Å². The summed E-state index contributed by atoms with van der Waals surface area (Å²) in [6.45, 7) is 1.69. The van der Waals surface area contributed by atoms with Crippen LogP contribution in [0.1, 0.15) is 22.9 Å². The fourth-order valence-corrected chi connectivity index (χ4v) is 1.80. The Morgan fingerprint density at radius 3 is 2.84 bits per heavy atom. The molecule has 0 saturated carbocycles. The Labute approximate surface area is 115 Å². The SMILES string of the molecule is Cc1oc(C=Cc2ccccc2Cl)nc1CC(=O)O. The average molecular weight is 278 g/mol. The zero-order valence-electron chi connectivity index (χ0n) is 10.3. The molecule has 2 aromatic rings. The van der Waals surface area contributed by atoms with Crippen LogP contribution in [0.4, 0.5) is 0 Å². The van der Waals surface area contributed by atoms with Gasteiger partial charge in [-0.3, -0.25) is 4.79 Å². The van der Waals surface area contributed by atoms with Gasteiger partial charge in [0.15, 0.2) is 0 Å². The molecule has 0 radical (unpaired) electrons. The quantitative estimate of drug-likeness (QED) is 0.930. The van der Waals surface area contributed by atoms with Gasteiger partial charge in [0.1, 0.15) is 5.76 Å². The van der Waals surface area contributed by atoms with Crippen LogP contribution in [-0.2, 0) is 11.2 Å². The van der Waals surface area contributed by atoms with Gasteiger partial charge in [-0.1, -0.05) is 29.8 Å². The first-order chi connectivity index (χ1) is 9.06. The van der Waals surface area contributed by atoms with Crippen molar-refractivity contribution in [2.75, 3.05) is 0 Å². The van der Waals surface area contributed by atoms with Gasteiger partial charge in [0.2, 0.25) is 5.89 Å². The first-order valence-electron chi connectivity index (χ1n) is 5.67. The van der Waals surface area contributed by atoms with E-state index in [1.165, 1.54) is 0 Å². The summed E-state index contributed by atoms with van der Waals surface area (Å²) in [5, 5.41) is 9.36. The molecule has 1 N–H and O–H groups in total. The number of aromatic nitrogens is 1. The third-order valence-corrected chi connectivity index (χ3v) is 2.88. The fourth-order valence-electron chi connectivity index (χ4n) is 1.60. The number of halogens is 1. The smallest absolute Gasteiger partial charge is 0.309 e. The minimum Gasteiger partial charge on any atom is -0.481 e. The van der Waals surface area contributed by atoms with Crippen molar-refractivity contribution in [3.8, 4) is 0 Å². The highest BCUT2D eigenvalue weighted by Gasteiger charge is 2.11. The largest absolute Gasteiger partial charge is 0.481 e. The summed E-state index contributed by atoms with van der Waals surface area (Å²) in [4.78, 5) is 14.8. The first kappa shape index (κ1) is 13.4. The lowest BCUT2D eigenvalue weighted by Crippen LogP contribution is -2.01. The summed E-state index contributed by atoms with van der Waals surface area (Å²) >= 11 is 6.02. The molecular weight excluding hydrogens is 266 g/mol. The van der Waals surface area contributed by atoms with E-state index in [4.69, 9.17) is 21.1 Å². The van der Waals surface area contributed by atoms with Crippen LogP contribution in [0.3, 0.4) is 0 Å². The summed E-state index contributed by atoms with van der Waals surface area (Å²) in [7, 11) is 0. The number of rotatable bonds is 4.